The molecule has 27 heavy (non-hydrogen) atoms. The molecule has 0 unspecified atom stereocenters. The first-order valence-electron chi connectivity index (χ1n) is 7.53. The number of ether oxygens (including phenoxy) is 3. The zero-order valence-corrected chi connectivity index (χ0v) is 14.4. The van der Waals surface area contributed by atoms with Crippen molar-refractivity contribution in [3.8, 4) is 5.75 Å². The van der Waals surface area contributed by atoms with E-state index < -0.39 is 36.1 Å². The number of hydrogen-bond acceptors (Lipinski definition) is 6. The van der Waals surface area contributed by atoms with Gasteiger partial charge in [0.1, 0.15) is 17.4 Å². The fourth-order valence-electron chi connectivity index (χ4n) is 2.08. The van der Waals surface area contributed by atoms with Crippen molar-refractivity contribution in [1.29, 1.82) is 0 Å². The molecule has 2 aromatic rings. The smallest absolute Gasteiger partial charge is 0.338 e. The minimum atomic E-state index is -0.941. The van der Waals surface area contributed by atoms with Crippen LogP contribution in [0.1, 0.15) is 20.7 Å². The van der Waals surface area contributed by atoms with Crippen LogP contribution in [0.3, 0.4) is 0 Å². The van der Waals surface area contributed by atoms with Crippen LogP contribution < -0.4 is 10.1 Å². The molecular formula is C18H15F2NO6. The Hall–Kier alpha value is -3.49. The molecule has 1 amide bonds. The third-order valence-corrected chi connectivity index (χ3v) is 3.32. The second kappa shape index (κ2) is 8.75. The fraction of sp³-hybridized carbons (Fsp3) is 0.167. The summed E-state index contributed by atoms with van der Waals surface area (Å²) in [7, 11) is 2.33. The predicted octanol–water partition coefficient (Wildman–Crippen LogP) is 2.56. The largest absolute Gasteiger partial charge is 0.484 e. The van der Waals surface area contributed by atoms with Gasteiger partial charge < -0.3 is 19.5 Å². The Morgan fingerprint density at radius 2 is 1.52 bits per heavy atom. The normalized spacial score (nSPS) is 10.1. The molecule has 0 bridgehead atoms. The van der Waals surface area contributed by atoms with Crippen molar-refractivity contribution >= 4 is 23.5 Å². The van der Waals surface area contributed by atoms with Gasteiger partial charge in [-0.1, -0.05) is 0 Å². The molecule has 0 fully saturated rings. The van der Waals surface area contributed by atoms with Crippen LogP contribution in [0.5, 0.6) is 5.75 Å². The SMILES string of the molecule is COC(=O)c1cc(OCC(=O)Nc2ccc(F)cc2F)cc(C(=O)OC)c1. The number of anilines is 1. The van der Waals surface area contributed by atoms with Gasteiger partial charge >= 0.3 is 11.9 Å². The average Bonchev–Trinajstić information content (AvgIpc) is 2.67. The Morgan fingerprint density at radius 3 is 2.04 bits per heavy atom. The lowest BCUT2D eigenvalue weighted by atomic mass is 10.1. The Bertz CT molecular complexity index is 850. The molecule has 0 heterocycles. The molecule has 0 saturated carbocycles. The number of halogens is 2. The molecule has 2 aromatic carbocycles. The first-order valence-corrected chi connectivity index (χ1v) is 7.53. The van der Waals surface area contributed by atoms with Gasteiger partial charge in [-0.25, -0.2) is 18.4 Å². The van der Waals surface area contributed by atoms with E-state index in [9.17, 15) is 23.2 Å². The number of methoxy groups -OCH3 is 2. The third kappa shape index (κ3) is 5.24. The van der Waals surface area contributed by atoms with Gasteiger partial charge in [0, 0.05) is 6.07 Å². The van der Waals surface area contributed by atoms with Crippen molar-refractivity contribution in [3.05, 3.63) is 59.2 Å². The third-order valence-electron chi connectivity index (χ3n) is 3.32. The molecule has 9 heteroatoms. The quantitative estimate of drug-likeness (QED) is 0.776. The van der Waals surface area contributed by atoms with E-state index in [1.165, 1.54) is 32.4 Å². The molecule has 0 radical (unpaired) electrons. The van der Waals surface area contributed by atoms with E-state index in [1.807, 2.05) is 0 Å². The molecule has 2 rings (SSSR count). The predicted molar refractivity (Wildman–Crippen MR) is 89.6 cm³/mol. The lowest BCUT2D eigenvalue weighted by Gasteiger charge is -2.10. The zero-order chi connectivity index (χ0) is 20.0. The number of esters is 2. The summed E-state index contributed by atoms with van der Waals surface area (Å²) >= 11 is 0. The maximum atomic E-state index is 13.5. The van der Waals surface area contributed by atoms with Crippen LogP contribution in [0.4, 0.5) is 14.5 Å². The molecule has 0 atom stereocenters. The van der Waals surface area contributed by atoms with Crippen LogP contribution in [0.15, 0.2) is 36.4 Å². The van der Waals surface area contributed by atoms with Crippen molar-refractivity contribution in [3.63, 3.8) is 0 Å². The Labute approximate surface area is 152 Å². The van der Waals surface area contributed by atoms with Crippen LogP contribution in [-0.2, 0) is 14.3 Å². The molecule has 7 nitrogen and oxygen atoms in total. The summed E-state index contributed by atoms with van der Waals surface area (Å²) in [6.45, 7) is -0.554. The van der Waals surface area contributed by atoms with Gasteiger partial charge in [0.2, 0.25) is 0 Å². The number of carbonyl (C=O) groups is 3. The number of amides is 1. The average molecular weight is 379 g/mol. The highest BCUT2D eigenvalue weighted by Crippen LogP contribution is 2.20. The second-order valence-corrected chi connectivity index (χ2v) is 5.19. The summed E-state index contributed by atoms with van der Waals surface area (Å²) < 4.78 is 40.8. The van der Waals surface area contributed by atoms with Gasteiger partial charge in [0.15, 0.2) is 6.61 Å². The molecular weight excluding hydrogens is 364 g/mol. The van der Waals surface area contributed by atoms with Gasteiger partial charge in [-0.3, -0.25) is 4.79 Å². The van der Waals surface area contributed by atoms with Crippen LogP contribution in [0.2, 0.25) is 0 Å². The summed E-state index contributed by atoms with van der Waals surface area (Å²) in [5.41, 5.74) is -0.190. The van der Waals surface area contributed by atoms with E-state index in [0.717, 1.165) is 12.1 Å². The summed E-state index contributed by atoms with van der Waals surface area (Å²) in [6, 6.07) is 6.46. The van der Waals surface area contributed by atoms with Gasteiger partial charge in [-0.15, -0.1) is 0 Å². The highest BCUT2D eigenvalue weighted by atomic mass is 19.1. The van der Waals surface area contributed by atoms with E-state index >= 15 is 0 Å². The van der Waals surface area contributed by atoms with E-state index in [1.54, 1.807) is 0 Å². The van der Waals surface area contributed by atoms with E-state index in [0.29, 0.717) is 6.07 Å². The van der Waals surface area contributed by atoms with Gasteiger partial charge in [-0.05, 0) is 30.3 Å². The molecule has 0 aromatic heterocycles. The van der Waals surface area contributed by atoms with Crippen LogP contribution in [-0.4, -0.2) is 38.7 Å². The van der Waals surface area contributed by atoms with Crippen molar-refractivity contribution in [2.24, 2.45) is 0 Å². The minimum Gasteiger partial charge on any atom is -0.484 e. The van der Waals surface area contributed by atoms with Gasteiger partial charge in [0.05, 0.1) is 31.0 Å². The van der Waals surface area contributed by atoms with Crippen molar-refractivity contribution in [2.45, 2.75) is 0 Å². The number of benzene rings is 2. The molecule has 0 aliphatic carbocycles. The van der Waals surface area contributed by atoms with Crippen molar-refractivity contribution in [2.75, 3.05) is 26.1 Å². The Morgan fingerprint density at radius 1 is 0.926 bits per heavy atom. The standard InChI is InChI=1S/C18H15F2NO6/c1-25-17(23)10-5-11(18(24)26-2)7-13(6-10)27-9-16(22)21-15-4-3-12(19)8-14(15)20/h3-8H,9H2,1-2H3,(H,21,22). The highest BCUT2D eigenvalue weighted by Gasteiger charge is 2.15. The van der Waals surface area contributed by atoms with Crippen LogP contribution >= 0.6 is 0 Å². The summed E-state index contributed by atoms with van der Waals surface area (Å²) in [5.74, 6) is -3.87. The van der Waals surface area contributed by atoms with E-state index in [4.69, 9.17) is 4.74 Å². The van der Waals surface area contributed by atoms with Crippen molar-refractivity contribution < 1.29 is 37.4 Å². The first kappa shape index (κ1) is 19.8. The van der Waals surface area contributed by atoms with E-state index in [-0.39, 0.29) is 22.6 Å². The minimum absolute atomic E-state index is 0.0142. The molecule has 1 N–H and O–H groups in total. The number of nitrogens with one attached hydrogen (secondary N) is 1. The number of carbonyl (C=O) groups excluding carboxylic acids is 3. The van der Waals surface area contributed by atoms with Gasteiger partial charge in [-0.2, -0.15) is 0 Å². The summed E-state index contributed by atoms with van der Waals surface area (Å²) in [6.07, 6.45) is 0. The molecule has 0 aliphatic rings. The molecule has 0 spiro atoms. The molecule has 0 saturated heterocycles. The second-order valence-electron chi connectivity index (χ2n) is 5.19. The maximum absolute atomic E-state index is 13.5. The first-order chi connectivity index (χ1) is 12.8. The monoisotopic (exact) mass is 379 g/mol. The maximum Gasteiger partial charge on any atom is 0.338 e. The zero-order valence-electron chi connectivity index (χ0n) is 14.4. The summed E-state index contributed by atoms with van der Waals surface area (Å²) in [4.78, 5) is 35.3. The number of rotatable bonds is 6. The van der Waals surface area contributed by atoms with Crippen LogP contribution in [0.25, 0.3) is 0 Å². The topological polar surface area (TPSA) is 90.9 Å². The Balaban J connectivity index is 2.12. The molecule has 0 aliphatic heterocycles. The summed E-state index contributed by atoms with van der Waals surface area (Å²) in [5, 5.41) is 2.22. The highest BCUT2D eigenvalue weighted by molar-refractivity contribution is 5.96. The van der Waals surface area contributed by atoms with Crippen LogP contribution in [0, 0.1) is 11.6 Å². The molecule has 142 valence electrons. The lowest BCUT2D eigenvalue weighted by Crippen LogP contribution is -2.21. The fourth-order valence-corrected chi connectivity index (χ4v) is 2.08. The van der Waals surface area contributed by atoms with Crippen molar-refractivity contribution in [1.82, 2.24) is 0 Å². The number of hydrogen-bond donors (Lipinski definition) is 1. The Kier molecular flexibility index (Phi) is 6.42. The van der Waals surface area contributed by atoms with E-state index in [2.05, 4.69) is 14.8 Å². The lowest BCUT2D eigenvalue weighted by molar-refractivity contribution is -0.118. The van der Waals surface area contributed by atoms with Gasteiger partial charge in [0.25, 0.3) is 5.91 Å².